The minimum Gasteiger partial charge on any atom is -0.497 e. The van der Waals surface area contributed by atoms with E-state index in [0.29, 0.717) is 22.1 Å². The van der Waals surface area contributed by atoms with Crippen LogP contribution in [0.25, 0.3) is 10.8 Å². The number of hydrogen-bond acceptors (Lipinski definition) is 5. The van der Waals surface area contributed by atoms with Crippen molar-refractivity contribution in [2.45, 2.75) is 0 Å². The first-order valence-electron chi connectivity index (χ1n) is 6.91. The minimum absolute atomic E-state index is 0.0593. The van der Waals surface area contributed by atoms with E-state index in [1.807, 2.05) is 6.07 Å². The van der Waals surface area contributed by atoms with Gasteiger partial charge < -0.3 is 4.74 Å². The summed E-state index contributed by atoms with van der Waals surface area (Å²) in [6.07, 6.45) is 0. The summed E-state index contributed by atoms with van der Waals surface area (Å²) in [6.45, 7) is 0. The van der Waals surface area contributed by atoms with E-state index < -0.39 is 4.92 Å². The molecular weight excluding hydrogens is 294 g/mol. The summed E-state index contributed by atoms with van der Waals surface area (Å²) in [6, 6.07) is 17.3. The van der Waals surface area contributed by atoms with Gasteiger partial charge in [-0.25, -0.2) is 0 Å². The fraction of sp³-hybridized carbons (Fsp3) is 0.0588. The molecule has 0 saturated carbocycles. The maximum absolute atomic E-state index is 11.1. The lowest BCUT2D eigenvalue weighted by Crippen LogP contribution is -1.89. The van der Waals surface area contributed by atoms with Crippen molar-refractivity contribution in [3.05, 3.63) is 70.8 Å². The van der Waals surface area contributed by atoms with Crippen molar-refractivity contribution >= 4 is 27.8 Å². The third-order valence-corrected chi connectivity index (χ3v) is 3.42. The Hall–Kier alpha value is -3.28. The molecule has 0 radical (unpaired) electrons. The normalized spacial score (nSPS) is 11.0. The second kappa shape index (κ2) is 6.23. The first kappa shape index (κ1) is 14.6. The summed E-state index contributed by atoms with van der Waals surface area (Å²) < 4.78 is 5.09. The Morgan fingerprint density at radius 3 is 2.26 bits per heavy atom. The van der Waals surface area contributed by atoms with Gasteiger partial charge in [-0.2, -0.15) is 5.11 Å². The van der Waals surface area contributed by atoms with E-state index in [2.05, 4.69) is 10.2 Å². The van der Waals surface area contributed by atoms with Crippen LogP contribution in [0.2, 0.25) is 0 Å². The van der Waals surface area contributed by atoms with Crippen molar-refractivity contribution in [3.8, 4) is 5.75 Å². The van der Waals surface area contributed by atoms with Crippen molar-refractivity contribution in [2.24, 2.45) is 10.2 Å². The van der Waals surface area contributed by atoms with E-state index >= 15 is 0 Å². The summed E-state index contributed by atoms with van der Waals surface area (Å²) in [5.74, 6) is 0.740. The minimum atomic E-state index is -0.396. The van der Waals surface area contributed by atoms with Crippen molar-refractivity contribution < 1.29 is 9.66 Å². The average Bonchev–Trinajstić information content (AvgIpc) is 2.59. The molecule has 0 atom stereocenters. The van der Waals surface area contributed by atoms with E-state index in [0.717, 1.165) is 5.75 Å². The number of methoxy groups -OCH3 is 1. The second-order valence-corrected chi connectivity index (χ2v) is 4.80. The Kier molecular flexibility index (Phi) is 3.97. The van der Waals surface area contributed by atoms with Crippen LogP contribution < -0.4 is 4.74 Å². The fourth-order valence-electron chi connectivity index (χ4n) is 2.27. The number of hydrogen-bond donors (Lipinski definition) is 0. The van der Waals surface area contributed by atoms with Crippen LogP contribution >= 0.6 is 0 Å². The molecule has 3 aromatic carbocycles. The van der Waals surface area contributed by atoms with Crippen molar-refractivity contribution in [3.63, 3.8) is 0 Å². The Balaban J connectivity index is 2.01. The number of fused-ring (bicyclic) bond motifs is 1. The van der Waals surface area contributed by atoms with E-state index in [1.54, 1.807) is 55.6 Å². The molecule has 0 saturated heterocycles. The molecule has 0 aliphatic rings. The lowest BCUT2D eigenvalue weighted by Gasteiger charge is -2.02. The lowest BCUT2D eigenvalue weighted by molar-refractivity contribution is -0.383. The molecule has 6 nitrogen and oxygen atoms in total. The Morgan fingerprint density at radius 2 is 1.61 bits per heavy atom. The fourth-order valence-corrected chi connectivity index (χ4v) is 2.27. The number of nitrogens with zero attached hydrogens (tertiary/aromatic N) is 3. The topological polar surface area (TPSA) is 77.1 Å². The molecule has 0 amide bonds. The average molecular weight is 307 g/mol. The summed E-state index contributed by atoms with van der Waals surface area (Å²) in [4.78, 5) is 10.7. The molecule has 0 aromatic heterocycles. The molecule has 0 bridgehead atoms. The van der Waals surface area contributed by atoms with Crippen LogP contribution in [0.4, 0.5) is 17.1 Å². The van der Waals surface area contributed by atoms with Gasteiger partial charge in [0.1, 0.15) is 5.75 Å². The zero-order valence-corrected chi connectivity index (χ0v) is 12.3. The van der Waals surface area contributed by atoms with Crippen molar-refractivity contribution in [1.29, 1.82) is 0 Å². The van der Waals surface area contributed by atoms with Crippen LogP contribution in [0, 0.1) is 10.1 Å². The van der Waals surface area contributed by atoms with Crippen LogP contribution in [-0.2, 0) is 0 Å². The molecule has 0 fully saturated rings. The second-order valence-electron chi connectivity index (χ2n) is 4.80. The monoisotopic (exact) mass is 307 g/mol. The number of azo groups is 1. The Morgan fingerprint density at radius 1 is 0.913 bits per heavy atom. The molecule has 0 unspecified atom stereocenters. The van der Waals surface area contributed by atoms with Gasteiger partial charge in [0.05, 0.1) is 28.8 Å². The molecule has 0 N–H and O–H groups in total. The zero-order chi connectivity index (χ0) is 16.2. The Bertz CT molecular complexity index is 889. The van der Waals surface area contributed by atoms with Crippen molar-refractivity contribution in [1.82, 2.24) is 0 Å². The number of nitro groups is 1. The molecule has 114 valence electrons. The number of rotatable bonds is 4. The van der Waals surface area contributed by atoms with Crippen LogP contribution in [0.1, 0.15) is 0 Å². The molecule has 0 aliphatic carbocycles. The zero-order valence-electron chi connectivity index (χ0n) is 12.3. The van der Waals surface area contributed by atoms with E-state index in [1.165, 1.54) is 6.07 Å². The van der Waals surface area contributed by atoms with E-state index in [-0.39, 0.29) is 5.69 Å². The highest BCUT2D eigenvalue weighted by atomic mass is 16.6. The summed E-state index contributed by atoms with van der Waals surface area (Å²) in [5, 5.41) is 20.7. The maximum atomic E-state index is 11.1. The highest BCUT2D eigenvalue weighted by Gasteiger charge is 2.13. The van der Waals surface area contributed by atoms with Gasteiger partial charge in [-0.05, 0) is 36.4 Å². The van der Waals surface area contributed by atoms with Crippen molar-refractivity contribution in [2.75, 3.05) is 7.11 Å². The van der Waals surface area contributed by atoms with Gasteiger partial charge >= 0.3 is 0 Å². The lowest BCUT2D eigenvalue weighted by atomic mass is 10.1. The van der Waals surface area contributed by atoms with Crippen LogP contribution in [0.3, 0.4) is 0 Å². The van der Waals surface area contributed by atoms with Gasteiger partial charge in [0, 0.05) is 11.5 Å². The van der Waals surface area contributed by atoms with Gasteiger partial charge in [0.25, 0.3) is 5.69 Å². The molecule has 0 aliphatic heterocycles. The highest BCUT2D eigenvalue weighted by Crippen LogP contribution is 2.33. The first-order chi connectivity index (χ1) is 11.2. The van der Waals surface area contributed by atoms with E-state index in [9.17, 15) is 10.1 Å². The number of benzene rings is 3. The predicted molar refractivity (Wildman–Crippen MR) is 87.8 cm³/mol. The molecule has 3 aromatic rings. The SMILES string of the molecule is COc1ccc(N=Nc2ccc([N+](=O)[O-])c3ccccc23)cc1. The number of non-ortho nitro benzene ring substituents is 1. The summed E-state index contributed by atoms with van der Waals surface area (Å²) in [5.41, 5.74) is 1.32. The quantitative estimate of drug-likeness (QED) is 0.379. The standard InChI is InChI=1S/C17H13N3O3/c1-23-13-8-6-12(7-9-13)18-19-16-10-11-17(20(21)22)15-5-3-2-4-14(15)16/h2-11H,1H3. The van der Waals surface area contributed by atoms with Gasteiger partial charge in [0.2, 0.25) is 0 Å². The van der Waals surface area contributed by atoms with Gasteiger partial charge in [-0.3, -0.25) is 10.1 Å². The largest absolute Gasteiger partial charge is 0.497 e. The third kappa shape index (κ3) is 3.01. The highest BCUT2D eigenvalue weighted by molar-refractivity contribution is 5.98. The van der Waals surface area contributed by atoms with Gasteiger partial charge in [-0.1, -0.05) is 18.2 Å². The maximum Gasteiger partial charge on any atom is 0.277 e. The van der Waals surface area contributed by atoms with E-state index in [4.69, 9.17) is 4.74 Å². The molecular formula is C17H13N3O3. The molecule has 23 heavy (non-hydrogen) atoms. The van der Waals surface area contributed by atoms with Gasteiger partial charge in [-0.15, -0.1) is 5.11 Å². The van der Waals surface area contributed by atoms with Crippen LogP contribution in [0.15, 0.2) is 70.9 Å². The predicted octanol–water partition coefficient (Wildman–Crippen LogP) is 5.17. The number of ether oxygens (including phenoxy) is 1. The molecule has 0 spiro atoms. The van der Waals surface area contributed by atoms with Gasteiger partial charge in [0.15, 0.2) is 0 Å². The molecule has 0 heterocycles. The number of nitro benzene ring substituents is 1. The smallest absolute Gasteiger partial charge is 0.277 e. The summed E-state index contributed by atoms with van der Waals surface area (Å²) in [7, 11) is 1.60. The Labute approximate surface area is 132 Å². The summed E-state index contributed by atoms with van der Waals surface area (Å²) >= 11 is 0. The third-order valence-electron chi connectivity index (χ3n) is 3.42. The van der Waals surface area contributed by atoms with Crippen LogP contribution in [0.5, 0.6) is 5.75 Å². The van der Waals surface area contributed by atoms with Crippen LogP contribution in [-0.4, -0.2) is 12.0 Å². The first-order valence-corrected chi connectivity index (χ1v) is 6.91. The molecule has 6 heteroatoms. The molecule has 3 rings (SSSR count).